The largest absolute Gasteiger partial charge is 0.416 e. The number of rotatable bonds is 4. The third-order valence-electron chi connectivity index (χ3n) is 4.33. The molecule has 10 heteroatoms. The highest BCUT2D eigenvalue weighted by molar-refractivity contribution is 7.15. The summed E-state index contributed by atoms with van der Waals surface area (Å²) in [7, 11) is 1.63. The lowest BCUT2D eigenvalue weighted by atomic mass is 10.1. The summed E-state index contributed by atoms with van der Waals surface area (Å²) in [6.45, 7) is 2.03. The van der Waals surface area contributed by atoms with E-state index in [1.165, 1.54) is 22.3 Å². The van der Waals surface area contributed by atoms with Crippen LogP contribution in [0.3, 0.4) is 0 Å². The van der Waals surface area contributed by atoms with Gasteiger partial charge in [-0.15, -0.1) is 11.3 Å². The fraction of sp³-hybridized carbons (Fsp3) is 0.211. The van der Waals surface area contributed by atoms with Gasteiger partial charge >= 0.3 is 6.18 Å². The Labute approximate surface area is 167 Å². The van der Waals surface area contributed by atoms with Gasteiger partial charge in [-0.25, -0.2) is 4.98 Å². The summed E-state index contributed by atoms with van der Waals surface area (Å²) < 4.78 is 45.7. The minimum Gasteiger partial charge on any atom is -0.359 e. The van der Waals surface area contributed by atoms with Crippen molar-refractivity contribution < 1.29 is 22.5 Å². The molecule has 29 heavy (non-hydrogen) atoms. The number of aryl methyl sites for hydroxylation is 1. The van der Waals surface area contributed by atoms with Gasteiger partial charge in [0.05, 0.1) is 23.5 Å². The standard InChI is InChI=1S/C19H15F3N4O2S/c1-11-6-14(28-24-11)8-25(2)17(27)16-10-29-18-23-15(9-26(16)18)12-4-3-5-13(7-12)19(20,21)22/h3-7,9-10H,8H2,1-2H3. The Balaban J connectivity index is 1.63. The molecule has 0 bridgehead atoms. The van der Waals surface area contributed by atoms with Gasteiger partial charge in [-0.1, -0.05) is 17.3 Å². The molecule has 3 heterocycles. The summed E-state index contributed by atoms with van der Waals surface area (Å²) in [5, 5.41) is 5.47. The van der Waals surface area contributed by atoms with Crippen LogP contribution >= 0.6 is 11.3 Å². The van der Waals surface area contributed by atoms with E-state index in [0.717, 1.165) is 17.8 Å². The number of halogens is 3. The number of hydrogen-bond acceptors (Lipinski definition) is 5. The molecule has 0 radical (unpaired) electrons. The molecule has 0 aliphatic heterocycles. The molecule has 150 valence electrons. The van der Waals surface area contributed by atoms with Gasteiger partial charge in [0.15, 0.2) is 10.7 Å². The molecule has 0 unspecified atom stereocenters. The summed E-state index contributed by atoms with van der Waals surface area (Å²) in [6, 6.07) is 6.70. The number of benzene rings is 1. The Morgan fingerprint density at radius 2 is 2.10 bits per heavy atom. The van der Waals surface area contributed by atoms with Gasteiger partial charge in [-0.2, -0.15) is 13.2 Å². The van der Waals surface area contributed by atoms with Crippen LogP contribution in [0.2, 0.25) is 0 Å². The average Bonchev–Trinajstić information content (AvgIpc) is 3.36. The van der Waals surface area contributed by atoms with Crippen molar-refractivity contribution in [2.45, 2.75) is 19.6 Å². The first kappa shape index (κ1) is 19.2. The summed E-state index contributed by atoms with van der Waals surface area (Å²) in [5.74, 6) is 0.290. The van der Waals surface area contributed by atoms with Crippen molar-refractivity contribution in [1.29, 1.82) is 0 Å². The molecule has 3 aromatic heterocycles. The van der Waals surface area contributed by atoms with Gasteiger partial charge in [0.1, 0.15) is 5.69 Å². The van der Waals surface area contributed by atoms with Crippen LogP contribution in [0.25, 0.3) is 16.2 Å². The molecule has 0 N–H and O–H groups in total. The SMILES string of the molecule is Cc1cc(CN(C)C(=O)c2csc3nc(-c4cccc(C(F)(F)F)c4)cn23)on1. The fourth-order valence-electron chi connectivity index (χ4n) is 2.92. The molecular weight excluding hydrogens is 405 g/mol. The number of imidazole rings is 1. The summed E-state index contributed by atoms with van der Waals surface area (Å²) in [6.07, 6.45) is -2.86. The predicted octanol–water partition coefficient (Wildman–Crippen LogP) is 4.65. The number of hydrogen-bond donors (Lipinski definition) is 0. The molecular formula is C19H15F3N4O2S. The molecule has 0 spiro atoms. The van der Waals surface area contributed by atoms with Gasteiger partial charge in [-0.05, 0) is 19.1 Å². The van der Waals surface area contributed by atoms with Crippen molar-refractivity contribution in [3.63, 3.8) is 0 Å². The van der Waals surface area contributed by atoms with Crippen molar-refractivity contribution in [2.24, 2.45) is 0 Å². The lowest BCUT2D eigenvalue weighted by Crippen LogP contribution is -2.27. The minimum absolute atomic E-state index is 0.242. The van der Waals surface area contributed by atoms with Crippen molar-refractivity contribution in [3.05, 3.63) is 64.6 Å². The van der Waals surface area contributed by atoms with Gasteiger partial charge in [0.25, 0.3) is 5.91 Å². The van der Waals surface area contributed by atoms with Crippen LogP contribution in [-0.4, -0.2) is 32.4 Å². The zero-order chi connectivity index (χ0) is 20.8. The number of fused-ring (bicyclic) bond motifs is 1. The first-order chi connectivity index (χ1) is 13.7. The Hall–Kier alpha value is -3.14. The lowest BCUT2D eigenvalue weighted by molar-refractivity contribution is -0.137. The van der Waals surface area contributed by atoms with Crippen molar-refractivity contribution in [3.8, 4) is 11.3 Å². The smallest absolute Gasteiger partial charge is 0.359 e. The summed E-state index contributed by atoms with van der Waals surface area (Å²) >= 11 is 1.24. The van der Waals surface area contributed by atoms with Crippen LogP contribution in [0.1, 0.15) is 27.5 Å². The fourth-order valence-corrected chi connectivity index (χ4v) is 3.77. The van der Waals surface area contributed by atoms with Crippen molar-refractivity contribution in [1.82, 2.24) is 19.4 Å². The number of carbonyl (C=O) groups is 1. The molecule has 0 saturated carbocycles. The van der Waals surface area contributed by atoms with Crippen LogP contribution in [0.4, 0.5) is 13.2 Å². The van der Waals surface area contributed by atoms with E-state index in [9.17, 15) is 18.0 Å². The van der Waals surface area contributed by atoms with Crippen molar-refractivity contribution in [2.75, 3.05) is 7.05 Å². The van der Waals surface area contributed by atoms with E-state index in [1.807, 2.05) is 0 Å². The second-order valence-electron chi connectivity index (χ2n) is 6.57. The number of carbonyl (C=O) groups excluding carboxylic acids is 1. The van der Waals surface area contributed by atoms with Crippen LogP contribution in [0.15, 0.2) is 46.4 Å². The molecule has 0 atom stereocenters. The highest BCUT2D eigenvalue weighted by Crippen LogP contribution is 2.32. The molecule has 0 fully saturated rings. The van der Waals surface area contributed by atoms with Gasteiger partial charge in [0, 0.05) is 30.3 Å². The van der Waals surface area contributed by atoms with E-state index >= 15 is 0 Å². The maximum Gasteiger partial charge on any atom is 0.416 e. The molecule has 0 aliphatic carbocycles. The third-order valence-corrected chi connectivity index (χ3v) is 5.17. The van der Waals surface area contributed by atoms with Crippen LogP contribution in [0, 0.1) is 6.92 Å². The molecule has 1 amide bonds. The highest BCUT2D eigenvalue weighted by atomic mass is 32.1. The maximum atomic E-state index is 13.0. The van der Waals surface area contributed by atoms with E-state index in [-0.39, 0.29) is 12.5 Å². The molecule has 0 saturated heterocycles. The lowest BCUT2D eigenvalue weighted by Gasteiger charge is -2.14. The average molecular weight is 420 g/mol. The zero-order valence-electron chi connectivity index (χ0n) is 15.4. The Kier molecular flexibility index (Phi) is 4.65. The normalized spacial score (nSPS) is 11.9. The summed E-state index contributed by atoms with van der Waals surface area (Å²) in [5.41, 5.74) is 1.04. The Bertz CT molecular complexity index is 1190. The van der Waals surface area contributed by atoms with E-state index in [1.54, 1.807) is 42.1 Å². The number of amides is 1. The van der Waals surface area contributed by atoms with Crippen LogP contribution in [-0.2, 0) is 12.7 Å². The van der Waals surface area contributed by atoms with Crippen LogP contribution < -0.4 is 0 Å². The zero-order valence-corrected chi connectivity index (χ0v) is 16.2. The number of nitrogens with zero attached hydrogens (tertiary/aromatic N) is 4. The molecule has 0 aliphatic rings. The molecule has 4 aromatic rings. The van der Waals surface area contributed by atoms with Gasteiger partial charge in [-0.3, -0.25) is 9.20 Å². The summed E-state index contributed by atoms with van der Waals surface area (Å²) in [4.78, 5) is 19.2. The molecule has 1 aromatic carbocycles. The van der Waals surface area contributed by atoms with E-state index in [2.05, 4.69) is 10.1 Å². The van der Waals surface area contributed by atoms with E-state index in [4.69, 9.17) is 4.52 Å². The van der Waals surface area contributed by atoms with Crippen molar-refractivity contribution >= 4 is 22.2 Å². The van der Waals surface area contributed by atoms with E-state index in [0.29, 0.717) is 27.7 Å². The third kappa shape index (κ3) is 3.75. The Morgan fingerprint density at radius 1 is 1.31 bits per heavy atom. The first-order valence-electron chi connectivity index (χ1n) is 8.54. The Morgan fingerprint density at radius 3 is 2.79 bits per heavy atom. The highest BCUT2D eigenvalue weighted by Gasteiger charge is 2.30. The monoisotopic (exact) mass is 420 g/mol. The van der Waals surface area contributed by atoms with Crippen LogP contribution in [0.5, 0.6) is 0 Å². The molecule has 6 nitrogen and oxygen atoms in total. The predicted molar refractivity (Wildman–Crippen MR) is 101 cm³/mol. The quantitative estimate of drug-likeness (QED) is 0.482. The first-order valence-corrected chi connectivity index (χ1v) is 9.42. The van der Waals surface area contributed by atoms with Gasteiger partial charge in [0.2, 0.25) is 0 Å². The number of aromatic nitrogens is 3. The minimum atomic E-state index is -4.43. The second-order valence-corrected chi connectivity index (χ2v) is 7.41. The molecule has 4 rings (SSSR count). The number of thiazole rings is 1. The second kappa shape index (κ2) is 7.03. The maximum absolute atomic E-state index is 13.0. The van der Waals surface area contributed by atoms with E-state index < -0.39 is 11.7 Å². The number of alkyl halides is 3. The van der Waals surface area contributed by atoms with Gasteiger partial charge < -0.3 is 9.42 Å². The topological polar surface area (TPSA) is 63.6 Å².